The van der Waals surface area contributed by atoms with Gasteiger partial charge in [0.2, 0.25) is 0 Å². The number of rotatable bonds is 9. The molecule has 1 saturated heterocycles. The van der Waals surface area contributed by atoms with Gasteiger partial charge in [-0.3, -0.25) is 4.68 Å². The lowest BCUT2D eigenvalue weighted by molar-refractivity contribution is -0.137. The zero-order valence-electron chi connectivity index (χ0n) is 27.9. The van der Waals surface area contributed by atoms with Crippen LogP contribution in [0.2, 0.25) is 0 Å². The van der Waals surface area contributed by atoms with Crippen LogP contribution in [0.15, 0.2) is 48.7 Å². The van der Waals surface area contributed by atoms with Crippen molar-refractivity contribution >= 4 is 21.9 Å². The highest BCUT2D eigenvalue weighted by Gasteiger charge is 2.30. The monoisotopic (exact) mass is 663 g/mol. The Morgan fingerprint density at radius 3 is 2.30 bits per heavy atom. The minimum Gasteiger partial charge on any atom is -0.497 e. The van der Waals surface area contributed by atoms with Gasteiger partial charge in [0.1, 0.15) is 5.75 Å². The summed E-state index contributed by atoms with van der Waals surface area (Å²) >= 11 is 0. The molecule has 5 rings (SSSR count). The molecule has 2 aromatic heterocycles. The van der Waals surface area contributed by atoms with E-state index >= 15 is 0 Å². The quantitative estimate of drug-likeness (QED) is 0.183. The highest BCUT2D eigenvalue weighted by molar-refractivity contribution is 7.82. The number of halogens is 3. The summed E-state index contributed by atoms with van der Waals surface area (Å²) < 4.78 is 58.7. The second-order valence-corrected chi connectivity index (χ2v) is 12.3. The average Bonchev–Trinajstić information content (AvgIpc) is 3.58. The van der Waals surface area contributed by atoms with E-state index < -0.39 is 28.8 Å². The average molecular weight is 664 g/mol. The van der Waals surface area contributed by atoms with Gasteiger partial charge < -0.3 is 19.7 Å². The van der Waals surface area contributed by atoms with E-state index in [4.69, 9.17) is 4.74 Å². The molecule has 12 heteroatoms. The van der Waals surface area contributed by atoms with Crippen molar-refractivity contribution in [2.75, 3.05) is 39.5 Å². The maximum atomic E-state index is 12.9. The number of aromatic amines is 1. The highest BCUT2D eigenvalue weighted by Crippen LogP contribution is 2.35. The molecule has 2 atom stereocenters. The van der Waals surface area contributed by atoms with Crippen LogP contribution in [0, 0.1) is 13.8 Å². The van der Waals surface area contributed by atoms with Crippen LogP contribution in [0.5, 0.6) is 5.75 Å². The molecule has 254 valence electrons. The number of β-amino-alcohol motifs (C(OH)–C–C–N with tert-alkyl or cyclic N) is 1. The van der Waals surface area contributed by atoms with E-state index in [0.717, 1.165) is 67.1 Å². The first-order valence-electron chi connectivity index (χ1n) is 15.7. The SMILES string of the molecule is CC.CCNS(C)=O.COc1ccc2[nH]cc(C3CCN(CC(O)Cn4nc(-c5ccc(C(F)(F)F)cc5)c(C)c4C)CC3)c2c1. The molecule has 3 N–H and O–H groups in total. The lowest BCUT2D eigenvalue weighted by Crippen LogP contribution is -2.39. The maximum Gasteiger partial charge on any atom is 0.416 e. The van der Waals surface area contributed by atoms with Crippen molar-refractivity contribution in [3.63, 3.8) is 0 Å². The first-order chi connectivity index (χ1) is 21.9. The normalized spacial score (nSPS) is 15.5. The summed E-state index contributed by atoms with van der Waals surface area (Å²) in [6.45, 7) is 13.2. The molecule has 0 bridgehead atoms. The summed E-state index contributed by atoms with van der Waals surface area (Å²) in [6, 6.07) is 11.2. The zero-order valence-corrected chi connectivity index (χ0v) is 28.7. The second-order valence-electron chi connectivity index (χ2n) is 11.2. The Balaban J connectivity index is 0.000000648. The van der Waals surface area contributed by atoms with Crippen molar-refractivity contribution in [2.24, 2.45) is 0 Å². The van der Waals surface area contributed by atoms with Gasteiger partial charge in [0, 0.05) is 47.7 Å². The molecule has 1 aliphatic rings. The van der Waals surface area contributed by atoms with Gasteiger partial charge in [-0.2, -0.15) is 18.3 Å². The number of nitrogens with one attached hydrogen (secondary N) is 2. The van der Waals surface area contributed by atoms with Gasteiger partial charge in [0.25, 0.3) is 0 Å². The van der Waals surface area contributed by atoms with Crippen molar-refractivity contribution in [2.45, 2.75) is 72.2 Å². The van der Waals surface area contributed by atoms with E-state index in [9.17, 15) is 22.5 Å². The van der Waals surface area contributed by atoms with Crippen molar-refractivity contribution in [1.29, 1.82) is 0 Å². The number of methoxy groups -OCH3 is 1. The number of H-pyrrole nitrogens is 1. The topological polar surface area (TPSA) is 95.4 Å². The Hall–Kier alpha value is -3.19. The fourth-order valence-corrected chi connectivity index (χ4v) is 6.08. The summed E-state index contributed by atoms with van der Waals surface area (Å²) in [7, 11) is 0.864. The van der Waals surface area contributed by atoms with Gasteiger partial charge >= 0.3 is 6.18 Å². The summed E-state index contributed by atoms with van der Waals surface area (Å²) in [5, 5.41) is 16.7. The molecule has 0 aliphatic carbocycles. The molecule has 0 amide bonds. The summed E-state index contributed by atoms with van der Waals surface area (Å²) in [5.74, 6) is 1.30. The number of aliphatic hydroxyl groups is 1. The lowest BCUT2D eigenvalue weighted by atomic mass is 9.89. The number of piperidine rings is 1. The van der Waals surface area contributed by atoms with Crippen molar-refractivity contribution in [1.82, 2.24) is 24.4 Å². The number of aromatic nitrogens is 3. The van der Waals surface area contributed by atoms with Crippen molar-refractivity contribution in [3.05, 3.63) is 71.0 Å². The number of ether oxygens (including phenoxy) is 1. The third-order valence-electron chi connectivity index (χ3n) is 8.14. The van der Waals surface area contributed by atoms with Crippen LogP contribution in [0.4, 0.5) is 13.2 Å². The number of hydrogen-bond acceptors (Lipinski definition) is 5. The molecule has 4 aromatic rings. The number of benzene rings is 2. The number of nitrogens with zero attached hydrogens (tertiary/aromatic N) is 3. The van der Waals surface area contributed by atoms with Gasteiger partial charge in [-0.25, -0.2) is 8.93 Å². The predicted octanol–water partition coefficient (Wildman–Crippen LogP) is 6.83. The van der Waals surface area contributed by atoms with Crippen molar-refractivity contribution < 1.29 is 27.2 Å². The highest BCUT2D eigenvalue weighted by atomic mass is 32.2. The molecule has 2 unspecified atom stereocenters. The Kier molecular flexibility index (Phi) is 13.9. The molecule has 46 heavy (non-hydrogen) atoms. The van der Waals surface area contributed by atoms with E-state index in [1.54, 1.807) is 18.0 Å². The molecule has 8 nitrogen and oxygen atoms in total. The Morgan fingerprint density at radius 1 is 1.11 bits per heavy atom. The smallest absolute Gasteiger partial charge is 0.416 e. The van der Waals surface area contributed by atoms with E-state index in [1.165, 1.54) is 23.1 Å². The summed E-state index contributed by atoms with van der Waals surface area (Å²) in [4.78, 5) is 5.66. The van der Waals surface area contributed by atoms with Crippen LogP contribution in [-0.4, -0.2) is 74.6 Å². The van der Waals surface area contributed by atoms with Crippen molar-refractivity contribution in [3.8, 4) is 17.0 Å². The van der Waals surface area contributed by atoms with Crippen LogP contribution in [0.25, 0.3) is 22.2 Å². The van der Waals surface area contributed by atoms with E-state index in [1.807, 2.05) is 46.8 Å². The maximum absolute atomic E-state index is 12.9. The number of alkyl halides is 3. The van der Waals surface area contributed by atoms with Gasteiger partial charge in [-0.15, -0.1) is 0 Å². The molecule has 1 aliphatic heterocycles. The van der Waals surface area contributed by atoms with Crippen LogP contribution in [0.1, 0.15) is 61.9 Å². The Bertz CT molecular complexity index is 1540. The summed E-state index contributed by atoms with van der Waals surface area (Å²) in [6.07, 6.45) is 0.760. The third-order valence-corrected chi connectivity index (χ3v) is 8.84. The largest absolute Gasteiger partial charge is 0.497 e. The van der Waals surface area contributed by atoms with Crippen LogP contribution in [-0.2, 0) is 23.7 Å². The molecule has 2 aromatic carbocycles. The minimum atomic E-state index is -4.37. The zero-order chi connectivity index (χ0) is 34.0. The molecule has 3 heterocycles. The van der Waals surface area contributed by atoms with E-state index in [0.29, 0.717) is 30.3 Å². The van der Waals surface area contributed by atoms with E-state index in [-0.39, 0.29) is 0 Å². The molecule has 1 fully saturated rings. The minimum absolute atomic E-state index is 0.329. The standard InChI is InChI=1S/C29H33F3N4O2.C3H9NOS.C2H6/c1-18-19(2)36(34-28(18)21-4-6-22(7-5-21)29(30,31)32)17-23(37)16-35-12-10-20(11-13-35)26-15-33-27-9-8-24(38-3)14-25(26)27;1-3-4-6(2)5;1-2/h4-9,14-15,20,23,33,37H,10-13,16-17H2,1-3H3;4H,3H2,1-2H3;1-2H3. The second kappa shape index (κ2) is 17.1. The number of likely N-dealkylation sites (tertiary alicyclic amines) is 1. The van der Waals surface area contributed by atoms with Gasteiger partial charge in [-0.05, 0) is 87.2 Å². The first kappa shape index (κ1) is 37.3. The molecule has 0 radical (unpaired) electrons. The van der Waals surface area contributed by atoms with E-state index in [2.05, 4.69) is 32.0 Å². The van der Waals surface area contributed by atoms with Crippen LogP contribution < -0.4 is 9.46 Å². The van der Waals surface area contributed by atoms with Crippen LogP contribution >= 0.6 is 0 Å². The molecule has 0 saturated carbocycles. The van der Waals surface area contributed by atoms with Gasteiger partial charge in [0.05, 0.1) is 42.0 Å². The number of aliphatic hydroxyl groups excluding tert-OH is 1. The molecule has 0 spiro atoms. The fourth-order valence-electron chi connectivity index (χ4n) is 5.68. The van der Waals surface area contributed by atoms with Gasteiger partial charge in [-0.1, -0.05) is 32.9 Å². The number of hydrogen-bond donors (Lipinski definition) is 3. The predicted molar refractivity (Wildman–Crippen MR) is 181 cm³/mol. The Labute approximate surface area is 272 Å². The third kappa shape index (κ3) is 9.66. The summed E-state index contributed by atoms with van der Waals surface area (Å²) in [5.41, 5.74) is 4.80. The number of fused-ring (bicyclic) bond motifs is 1. The first-order valence-corrected chi connectivity index (χ1v) is 17.3. The van der Waals surface area contributed by atoms with Crippen LogP contribution in [0.3, 0.4) is 0 Å². The molecular formula is C34H48F3N5O3S. The Morgan fingerprint density at radius 2 is 1.76 bits per heavy atom. The fraction of sp³-hybridized carbons (Fsp3) is 0.500. The molecular weight excluding hydrogens is 615 g/mol. The lowest BCUT2D eigenvalue weighted by Gasteiger charge is -2.33. The van der Waals surface area contributed by atoms with Gasteiger partial charge in [0.15, 0.2) is 0 Å².